The van der Waals surface area contributed by atoms with Gasteiger partial charge in [0.15, 0.2) is 35.0 Å². The monoisotopic (exact) mass is 563 g/mol. The number of esters is 1. The van der Waals surface area contributed by atoms with E-state index in [0.29, 0.717) is 24.4 Å². The molecule has 1 saturated heterocycles. The van der Waals surface area contributed by atoms with Gasteiger partial charge in [-0.2, -0.15) is 9.97 Å². The summed E-state index contributed by atoms with van der Waals surface area (Å²) in [5.74, 6) is -0.515. The summed E-state index contributed by atoms with van der Waals surface area (Å²) in [6, 6.07) is -0.953. The summed E-state index contributed by atoms with van der Waals surface area (Å²) < 4.78 is 46.1. The van der Waals surface area contributed by atoms with Crippen molar-refractivity contribution in [3.63, 3.8) is 0 Å². The Bertz CT molecular complexity index is 1200. The molecule has 4 N–H and O–H groups in total. The molecular weight excluding hydrogens is 532 g/mol. The van der Waals surface area contributed by atoms with E-state index in [9.17, 15) is 14.5 Å². The lowest BCUT2D eigenvalue weighted by Gasteiger charge is -2.24. The summed E-state index contributed by atoms with van der Waals surface area (Å²) in [7, 11) is -3.11. The van der Waals surface area contributed by atoms with Gasteiger partial charge in [0.2, 0.25) is 5.95 Å². The highest BCUT2D eigenvalue weighted by molar-refractivity contribution is 7.36. The SMILES string of the molecule is CCN(CC)c1nc(N)nc2c1ncn2[C@@H]1O[C@]2(CCl)C(O[PH](=O)N[C@@H](C)C(=O)OC(C)C)[C@]2(O)[C@H]1F. The third-order valence-corrected chi connectivity index (χ3v) is 8.16. The third-order valence-electron chi connectivity index (χ3n) is 6.64. The molecule has 13 nitrogen and oxygen atoms in total. The second-order valence-electron chi connectivity index (χ2n) is 9.30. The van der Waals surface area contributed by atoms with Crippen LogP contribution in [0.2, 0.25) is 0 Å². The van der Waals surface area contributed by atoms with Gasteiger partial charge >= 0.3 is 5.97 Å². The Hall–Kier alpha value is -2.09. The molecular formula is C21H32ClFN7O6P. The van der Waals surface area contributed by atoms with Crippen LogP contribution in [0.1, 0.15) is 40.8 Å². The molecule has 2 aromatic rings. The number of halogens is 2. The number of imidazole rings is 1. The van der Waals surface area contributed by atoms with Gasteiger partial charge in [-0.05, 0) is 34.6 Å². The molecule has 1 aliphatic heterocycles. The first kappa shape index (κ1) is 27.9. The maximum Gasteiger partial charge on any atom is 0.323 e. The Balaban J connectivity index is 1.55. The zero-order valence-corrected chi connectivity index (χ0v) is 22.9. The first-order valence-corrected chi connectivity index (χ1v) is 13.8. The fraction of sp³-hybridized carbons (Fsp3) is 0.714. The maximum atomic E-state index is 15.8. The molecule has 2 aromatic heterocycles. The van der Waals surface area contributed by atoms with Crippen molar-refractivity contribution < 1.29 is 32.9 Å². The molecule has 2 unspecified atom stereocenters. The number of rotatable bonds is 11. The Morgan fingerprint density at radius 3 is 2.65 bits per heavy atom. The third kappa shape index (κ3) is 4.47. The summed E-state index contributed by atoms with van der Waals surface area (Å²) in [4.78, 5) is 26.8. The van der Waals surface area contributed by atoms with Crippen molar-refractivity contribution in [1.82, 2.24) is 24.6 Å². The van der Waals surface area contributed by atoms with Gasteiger partial charge in [0.25, 0.3) is 8.18 Å². The van der Waals surface area contributed by atoms with Gasteiger partial charge in [-0.15, -0.1) is 11.6 Å². The smallest absolute Gasteiger partial charge is 0.323 e. The zero-order chi connectivity index (χ0) is 27.3. The van der Waals surface area contributed by atoms with Crippen molar-refractivity contribution in [2.24, 2.45) is 0 Å². The lowest BCUT2D eigenvalue weighted by atomic mass is 10.1. The van der Waals surface area contributed by atoms with Crippen LogP contribution >= 0.6 is 19.8 Å². The van der Waals surface area contributed by atoms with E-state index in [1.165, 1.54) is 17.8 Å². The van der Waals surface area contributed by atoms with Crippen LogP contribution in [0.5, 0.6) is 0 Å². The molecule has 0 amide bonds. The van der Waals surface area contributed by atoms with Gasteiger partial charge in [-0.3, -0.25) is 13.9 Å². The van der Waals surface area contributed by atoms with Gasteiger partial charge in [0.05, 0.1) is 18.3 Å². The van der Waals surface area contributed by atoms with Crippen molar-refractivity contribution in [2.45, 2.75) is 76.5 Å². The van der Waals surface area contributed by atoms with Crippen LogP contribution < -0.4 is 15.7 Å². The molecule has 0 radical (unpaired) electrons. The average Bonchev–Trinajstić information content (AvgIpc) is 3.08. The number of fused-ring (bicyclic) bond motifs is 2. The van der Waals surface area contributed by atoms with Gasteiger partial charge in [-0.1, -0.05) is 0 Å². The van der Waals surface area contributed by atoms with E-state index in [1.54, 1.807) is 13.8 Å². The van der Waals surface area contributed by atoms with E-state index >= 15 is 4.39 Å². The van der Waals surface area contributed by atoms with Crippen LogP contribution in [-0.2, 0) is 23.4 Å². The number of aromatic nitrogens is 4. The molecule has 0 spiro atoms. The number of aliphatic hydroxyl groups is 1. The number of carbonyl (C=O) groups excluding carboxylic acids is 1. The molecule has 2 fully saturated rings. The van der Waals surface area contributed by atoms with Gasteiger partial charge in [-0.25, -0.2) is 14.5 Å². The normalized spacial score (nSPS) is 30.4. The minimum absolute atomic E-state index is 0.0310. The lowest BCUT2D eigenvalue weighted by Crippen LogP contribution is -2.35. The van der Waals surface area contributed by atoms with Crippen molar-refractivity contribution >= 4 is 48.7 Å². The van der Waals surface area contributed by atoms with E-state index in [0.717, 1.165) is 0 Å². The zero-order valence-electron chi connectivity index (χ0n) is 21.1. The van der Waals surface area contributed by atoms with Crippen molar-refractivity contribution in [3.8, 4) is 0 Å². The second-order valence-corrected chi connectivity index (χ2v) is 10.7. The molecule has 1 saturated carbocycles. The Morgan fingerprint density at radius 2 is 2.08 bits per heavy atom. The standard InChI is InChI=1S/C21H32ClFN7O6P/c1-6-29(7-2)14-12-15(27-19(24)26-14)30(9-25-12)16-13(23)21(32)18(20(21,8-22)35-16)36-37(33)28-11(5)17(31)34-10(3)4/h9-11,13,16,18,32,37H,6-8H2,1-5H3,(H,28,33)(H2,24,26,27)/t11-,13-,16+,18?,20+,21+/m0/s1. The minimum Gasteiger partial charge on any atom is -0.462 e. The first-order valence-electron chi connectivity index (χ1n) is 12.0. The molecule has 206 valence electrons. The molecule has 1 aliphatic carbocycles. The number of anilines is 2. The second kappa shape index (κ2) is 10.2. The summed E-state index contributed by atoms with van der Waals surface area (Å²) in [6.07, 6.45) is -3.76. The van der Waals surface area contributed by atoms with Crippen LogP contribution in [0.25, 0.3) is 11.2 Å². The number of hydrogen-bond donors (Lipinski definition) is 3. The molecule has 7 atom stereocenters. The number of nitrogens with one attached hydrogen (secondary N) is 1. The Kier molecular flexibility index (Phi) is 7.72. The quantitative estimate of drug-likeness (QED) is 0.205. The van der Waals surface area contributed by atoms with Crippen LogP contribution in [-0.4, -0.2) is 85.2 Å². The molecule has 16 heteroatoms. The number of nitrogens with two attached hydrogens (primary N) is 1. The maximum absolute atomic E-state index is 15.8. The van der Waals surface area contributed by atoms with E-state index in [1.807, 2.05) is 18.7 Å². The minimum atomic E-state index is -3.11. The van der Waals surface area contributed by atoms with Crippen LogP contribution in [0.3, 0.4) is 0 Å². The van der Waals surface area contributed by atoms with E-state index in [2.05, 4.69) is 20.0 Å². The van der Waals surface area contributed by atoms with Crippen molar-refractivity contribution in [1.29, 1.82) is 0 Å². The van der Waals surface area contributed by atoms with Crippen LogP contribution in [0.4, 0.5) is 16.2 Å². The predicted molar refractivity (Wildman–Crippen MR) is 134 cm³/mol. The number of ether oxygens (including phenoxy) is 2. The molecule has 2 aliphatic rings. The van der Waals surface area contributed by atoms with E-state index < -0.39 is 49.9 Å². The molecule has 0 aromatic carbocycles. The topological polar surface area (TPSA) is 167 Å². The van der Waals surface area contributed by atoms with Gasteiger partial charge < -0.3 is 29.7 Å². The number of carbonyl (C=O) groups is 1. The highest BCUT2D eigenvalue weighted by atomic mass is 35.5. The van der Waals surface area contributed by atoms with E-state index in [-0.39, 0.29) is 23.6 Å². The molecule has 3 heterocycles. The lowest BCUT2D eigenvalue weighted by molar-refractivity contribution is -0.149. The van der Waals surface area contributed by atoms with Crippen molar-refractivity contribution in [2.75, 3.05) is 29.6 Å². The van der Waals surface area contributed by atoms with Crippen LogP contribution in [0.15, 0.2) is 6.33 Å². The summed E-state index contributed by atoms with van der Waals surface area (Å²) in [6.45, 7) is 9.97. The fourth-order valence-electron chi connectivity index (χ4n) is 4.66. The summed E-state index contributed by atoms with van der Waals surface area (Å²) in [5, 5.41) is 13.7. The highest BCUT2D eigenvalue weighted by Crippen LogP contribution is 2.67. The van der Waals surface area contributed by atoms with Crippen LogP contribution in [0, 0.1) is 0 Å². The number of nitrogens with zero attached hydrogens (tertiary/aromatic N) is 5. The predicted octanol–water partition coefficient (Wildman–Crippen LogP) is 1.55. The van der Waals surface area contributed by atoms with Crippen molar-refractivity contribution in [3.05, 3.63) is 6.33 Å². The summed E-state index contributed by atoms with van der Waals surface area (Å²) in [5.41, 5.74) is 2.67. The average molecular weight is 564 g/mol. The van der Waals surface area contributed by atoms with E-state index in [4.69, 9.17) is 31.3 Å². The number of nitrogen functional groups attached to an aromatic ring is 1. The van der Waals surface area contributed by atoms with Gasteiger partial charge in [0.1, 0.15) is 17.7 Å². The summed E-state index contributed by atoms with van der Waals surface area (Å²) >= 11 is 6.12. The largest absolute Gasteiger partial charge is 0.462 e. The fourth-order valence-corrected chi connectivity index (χ4v) is 6.20. The Labute approximate surface area is 218 Å². The molecule has 4 rings (SSSR count). The van der Waals surface area contributed by atoms with Gasteiger partial charge in [0, 0.05) is 13.1 Å². The first-order chi connectivity index (χ1) is 17.4. The molecule has 0 bridgehead atoms. The highest BCUT2D eigenvalue weighted by Gasteiger charge is 2.89. The molecule has 37 heavy (non-hydrogen) atoms. The Morgan fingerprint density at radius 1 is 1.41 bits per heavy atom. The number of alkyl halides is 2. The number of hydrogen-bond acceptors (Lipinski definition) is 11.